The Morgan fingerprint density at radius 3 is 1.29 bits per heavy atom. The van der Waals surface area contributed by atoms with Crippen LogP contribution in [0.2, 0.25) is 0 Å². The molecule has 0 aromatic heterocycles. The standard InChI is InChI=1S/C27H22S4/c1-5-13-22(14-6-1)26(23-15-7-2-8-16-23)27(29-21-28-26,30-24-17-9-3-10-18-24)31-25-19-11-4-12-20-25/h1-20H,21H2. The van der Waals surface area contributed by atoms with Gasteiger partial charge in [0.2, 0.25) is 0 Å². The maximum absolute atomic E-state index is 2.30. The van der Waals surface area contributed by atoms with Crippen LogP contribution in [-0.4, -0.2) is 8.50 Å². The van der Waals surface area contributed by atoms with Crippen molar-refractivity contribution >= 4 is 47.0 Å². The van der Waals surface area contributed by atoms with Crippen LogP contribution in [0.15, 0.2) is 131 Å². The molecule has 1 aliphatic rings. The lowest BCUT2D eigenvalue weighted by atomic mass is 9.91. The number of rotatable bonds is 6. The number of thioether (sulfide) groups is 4. The third-order valence-corrected chi connectivity index (χ3v) is 12.4. The molecule has 1 fully saturated rings. The normalized spacial score (nSPS) is 16.8. The average Bonchev–Trinajstić information content (AvgIpc) is 3.20. The Morgan fingerprint density at radius 2 is 0.871 bits per heavy atom. The molecule has 5 rings (SSSR count). The van der Waals surface area contributed by atoms with E-state index in [2.05, 4.69) is 145 Å². The van der Waals surface area contributed by atoms with Crippen LogP contribution >= 0.6 is 47.0 Å². The summed E-state index contributed by atoms with van der Waals surface area (Å²) in [6.07, 6.45) is 0. The summed E-state index contributed by atoms with van der Waals surface area (Å²) in [6.45, 7) is 0. The van der Waals surface area contributed by atoms with E-state index in [1.165, 1.54) is 20.9 Å². The van der Waals surface area contributed by atoms with Gasteiger partial charge in [0.05, 0.1) is 0 Å². The molecule has 0 unspecified atom stereocenters. The lowest BCUT2D eigenvalue weighted by Gasteiger charge is -2.44. The number of benzene rings is 4. The molecule has 0 bridgehead atoms. The lowest BCUT2D eigenvalue weighted by molar-refractivity contribution is 0.796. The van der Waals surface area contributed by atoms with Crippen molar-refractivity contribution in [1.82, 2.24) is 0 Å². The van der Waals surface area contributed by atoms with Crippen LogP contribution in [0, 0.1) is 0 Å². The molecule has 0 nitrogen and oxygen atoms in total. The zero-order chi connectivity index (χ0) is 21.0. The molecule has 0 aliphatic carbocycles. The van der Waals surface area contributed by atoms with Crippen LogP contribution in [0.3, 0.4) is 0 Å². The molecule has 0 spiro atoms. The van der Waals surface area contributed by atoms with Crippen molar-refractivity contribution in [3.05, 3.63) is 132 Å². The van der Waals surface area contributed by atoms with E-state index in [-0.39, 0.29) is 8.16 Å². The quantitative estimate of drug-likeness (QED) is 0.256. The van der Waals surface area contributed by atoms with Crippen LogP contribution in [0.4, 0.5) is 0 Å². The monoisotopic (exact) mass is 474 g/mol. The first-order valence-corrected chi connectivity index (χ1v) is 13.8. The van der Waals surface area contributed by atoms with Gasteiger partial charge in [0, 0.05) is 14.9 Å². The molecule has 0 atom stereocenters. The van der Waals surface area contributed by atoms with Gasteiger partial charge in [-0.1, -0.05) is 121 Å². The SMILES string of the molecule is c1ccc(SC2(Sc3ccccc3)SCSC2(c2ccccc2)c2ccccc2)cc1. The van der Waals surface area contributed by atoms with E-state index in [1.54, 1.807) is 0 Å². The largest absolute Gasteiger partial charge is 0.139 e. The first-order valence-electron chi connectivity index (χ1n) is 10.2. The second-order valence-electron chi connectivity index (χ2n) is 7.21. The summed E-state index contributed by atoms with van der Waals surface area (Å²) in [4.78, 5) is 2.61. The smallest absolute Gasteiger partial charge is 0.131 e. The van der Waals surface area contributed by atoms with Gasteiger partial charge in [0.1, 0.15) is 8.16 Å². The summed E-state index contributed by atoms with van der Waals surface area (Å²) in [7, 11) is 0. The summed E-state index contributed by atoms with van der Waals surface area (Å²) in [5, 5.41) is 1.05. The fraction of sp³-hybridized carbons (Fsp3) is 0.111. The highest BCUT2D eigenvalue weighted by atomic mass is 32.3. The molecule has 1 aliphatic heterocycles. The number of hydrogen-bond donors (Lipinski definition) is 0. The van der Waals surface area contributed by atoms with Crippen molar-refractivity contribution in [2.45, 2.75) is 17.9 Å². The van der Waals surface area contributed by atoms with Crippen molar-refractivity contribution in [2.75, 3.05) is 5.08 Å². The third-order valence-electron chi connectivity index (χ3n) is 5.31. The Balaban J connectivity index is 1.74. The van der Waals surface area contributed by atoms with E-state index in [4.69, 9.17) is 0 Å². The van der Waals surface area contributed by atoms with Gasteiger partial charge in [-0.05, 0) is 35.4 Å². The topological polar surface area (TPSA) is 0 Å². The van der Waals surface area contributed by atoms with E-state index < -0.39 is 0 Å². The maximum atomic E-state index is 2.30. The summed E-state index contributed by atoms with van der Waals surface area (Å²) < 4.78 is -0.357. The van der Waals surface area contributed by atoms with Crippen molar-refractivity contribution < 1.29 is 0 Å². The number of hydrogen-bond acceptors (Lipinski definition) is 4. The summed E-state index contributed by atoms with van der Waals surface area (Å²) in [5.41, 5.74) is 2.73. The Kier molecular flexibility index (Phi) is 6.42. The summed E-state index contributed by atoms with van der Waals surface area (Å²) in [5.74, 6) is 0. The van der Waals surface area contributed by atoms with Gasteiger partial charge in [-0.25, -0.2) is 0 Å². The zero-order valence-electron chi connectivity index (χ0n) is 16.9. The molecule has 1 heterocycles. The molecular formula is C27H22S4. The predicted octanol–water partition coefficient (Wildman–Crippen LogP) is 8.61. The minimum Gasteiger partial charge on any atom is -0.131 e. The van der Waals surface area contributed by atoms with Gasteiger partial charge in [0.25, 0.3) is 0 Å². The Labute approximate surface area is 201 Å². The van der Waals surface area contributed by atoms with E-state index in [9.17, 15) is 0 Å². The Bertz CT molecular complexity index is 1020. The molecule has 31 heavy (non-hydrogen) atoms. The first kappa shape index (κ1) is 21.1. The van der Waals surface area contributed by atoms with Crippen LogP contribution in [0.1, 0.15) is 11.1 Å². The molecule has 154 valence electrons. The summed E-state index contributed by atoms with van der Waals surface area (Å²) >= 11 is 8.12. The minimum absolute atomic E-state index is 0.164. The molecule has 4 heteroatoms. The highest BCUT2D eigenvalue weighted by molar-refractivity contribution is 8.39. The predicted molar refractivity (Wildman–Crippen MR) is 141 cm³/mol. The molecule has 0 radical (unpaired) electrons. The Hall–Kier alpha value is -1.72. The van der Waals surface area contributed by atoms with Gasteiger partial charge < -0.3 is 0 Å². The lowest BCUT2D eigenvalue weighted by Crippen LogP contribution is -2.39. The van der Waals surface area contributed by atoms with Crippen molar-refractivity contribution in [3.63, 3.8) is 0 Å². The van der Waals surface area contributed by atoms with E-state index in [0.717, 1.165) is 5.08 Å². The zero-order valence-corrected chi connectivity index (χ0v) is 20.2. The van der Waals surface area contributed by atoms with Crippen molar-refractivity contribution in [2.24, 2.45) is 0 Å². The minimum atomic E-state index is -0.193. The molecule has 4 aromatic rings. The van der Waals surface area contributed by atoms with Gasteiger partial charge in [-0.2, -0.15) is 0 Å². The maximum Gasteiger partial charge on any atom is 0.139 e. The van der Waals surface area contributed by atoms with Gasteiger partial charge in [-0.15, -0.1) is 23.5 Å². The van der Waals surface area contributed by atoms with Gasteiger partial charge >= 0.3 is 0 Å². The molecule has 0 amide bonds. The third kappa shape index (κ3) is 4.07. The first-order chi connectivity index (χ1) is 15.3. The van der Waals surface area contributed by atoms with Gasteiger partial charge in [-0.3, -0.25) is 0 Å². The fourth-order valence-corrected chi connectivity index (χ4v) is 12.3. The van der Waals surface area contributed by atoms with Crippen molar-refractivity contribution in [1.29, 1.82) is 0 Å². The van der Waals surface area contributed by atoms with Gasteiger partial charge in [0.15, 0.2) is 0 Å². The fourth-order valence-electron chi connectivity index (χ4n) is 3.93. The molecular weight excluding hydrogens is 453 g/mol. The second kappa shape index (κ2) is 9.41. The van der Waals surface area contributed by atoms with Crippen molar-refractivity contribution in [3.8, 4) is 0 Å². The molecule has 4 aromatic carbocycles. The van der Waals surface area contributed by atoms with Crippen LogP contribution < -0.4 is 0 Å². The highest BCUT2D eigenvalue weighted by Gasteiger charge is 2.60. The van der Waals surface area contributed by atoms with Crippen LogP contribution in [-0.2, 0) is 4.75 Å². The van der Waals surface area contributed by atoms with Crippen LogP contribution in [0.25, 0.3) is 0 Å². The van der Waals surface area contributed by atoms with E-state index in [0.29, 0.717) is 0 Å². The van der Waals surface area contributed by atoms with E-state index >= 15 is 0 Å². The van der Waals surface area contributed by atoms with Crippen LogP contribution in [0.5, 0.6) is 0 Å². The second-order valence-corrected chi connectivity index (χ2v) is 13.3. The Morgan fingerprint density at radius 1 is 0.484 bits per heavy atom. The van der Waals surface area contributed by atoms with E-state index in [1.807, 2.05) is 23.5 Å². The molecule has 0 saturated carbocycles. The average molecular weight is 475 g/mol. The molecule has 1 saturated heterocycles. The molecule has 0 N–H and O–H groups in total. The highest BCUT2D eigenvalue weighted by Crippen LogP contribution is 2.73. The summed E-state index contributed by atoms with van der Waals surface area (Å²) in [6, 6.07) is 43.9.